The molecule has 1 amide bonds. The van der Waals surface area contributed by atoms with Gasteiger partial charge in [0, 0.05) is 24.4 Å². The van der Waals surface area contributed by atoms with Gasteiger partial charge in [0.15, 0.2) is 0 Å². The molecule has 1 aromatic rings. The molecule has 0 unspecified atom stereocenters. The van der Waals surface area contributed by atoms with E-state index < -0.39 is 0 Å². The van der Waals surface area contributed by atoms with Crippen LogP contribution in [0.5, 0.6) is 0 Å². The average Bonchev–Trinajstić information content (AvgIpc) is 2.71. The topological polar surface area (TPSA) is 54.4 Å². The van der Waals surface area contributed by atoms with Crippen LogP contribution in [0.1, 0.15) is 115 Å². The first-order valence-corrected chi connectivity index (χ1v) is 11.5. The van der Waals surface area contributed by atoms with E-state index >= 15 is 0 Å². The lowest BCUT2D eigenvalue weighted by Crippen LogP contribution is -2.16. The third-order valence-electron chi connectivity index (χ3n) is 5.09. The lowest BCUT2D eigenvalue weighted by atomic mass is 10.0. The smallest absolute Gasteiger partial charge is 0.240 e. The minimum Gasteiger partial charge on any atom is -0.273 e. The van der Waals surface area contributed by atoms with E-state index in [4.69, 9.17) is 0 Å². The van der Waals surface area contributed by atoms with Gasteiger partial charge in [0.05, 0.1) is 6.21 Å². The summed E-state index contributed by atoms with van der Waals surface area (Å²) in [5.41, 5.74) is 3.47. The predicted octanol–water partition coefficient (Wildman–Crippen LogP) is 6.79. The Balaban J connectivity index is 1.80. The summed E-state index contributed by atoms with van der Waals surface area (Å²) in [4.78, 5) is 15.7. The van der Waals surface area contributed by atoms with Gasteiger partial charge in [-0.05, 0) is 12.5 Å². The van der Waals surface area contributed by atoms with Crippen LogP contribution in [-0.2, 0) is 4.79 Å². The van der Waals surface area contributed by atoms with E-state index in [1.165, 1.54) is 83.5 Å². The number of hydrogen-bond donors (Lipinski definition) is 1. The van der Waals surface area contributed by atoms with E-state index in [2.05, 4.69) is 22.4 Å². The zero-order chi connectivity index (χ0) is 20.1. The number of carbonyl (C=O) groups excluding carboxylic acids is 1. The molecule has 0 atom stereocenters. The number of nitrogens with zero attached hydrogens (tertiary/aromatic N) is 2. The SMILES string of the molecule is CCCCCCCCCCCCCCCCCC(=O)N/N=C\c1cccnc1. The number of hydrogen-bond acceptors (Lipinski definition) is 3. The van der Waals surface area contributed by atoms with Gasteiger partial charge in [0.2, 0.25) is 5.91 Å². The molecule has 4 heteroatoms. The van der Waals surface area contributed by atoms with Crippen LogP contribution in [0.3, 0.4) is 0 Å². The minimum absolute atomic E-state index is 0.00478. The van der Waals surface area contributed by atoms with Crippen molar-refractivity contribution < 1.29 is 4.79 Å². The Hall–Kier alpha value is -1.71. The molecule has 28 heavy (non-hydrogen) atoms. The molecule has 0 aromatic carbocycles. The van der Waals surface area contributed by atoms with Crippen LogP contribution in [0.2, 0.25) is 0 Å². The van der Waals surface area contributed by atoms with Crippen LogP contribution in [0.25, 0.3) is 0 Å². The Bertz CT molecular complexity index is 502. The van der Waals surface area contributed by atoms with Gasteiger partial charge in [-0.2, -0.15) is 5.10 Å². The molecule has 0 saturated heterocycles. The largest absolute Gasteiger partial charge is 0.273 e. The summed E-state index contributed by atoms with van der Waals surface area (Å²) in [6.07, 6.45) is 25.7. The number of aromatic nitrogens is 1. The number of carbonyl (C=O) groups is 1. The van der Waals surface area contributed by atoms with Crippen molar-refractivity contribution in [3.05, 3.63) is 30.1 Å². The van der Waals surface area contributed by atoms with Gasteiger partial charge in [-0.1, -0.05) is 103 Å². The van der Waals surface area contributed by atoms with Crippen molar-refractivity contribution in [2.45, 2.75) is 110 Å². The van der Waals surface area contributed by atoms with E-state index in [0.717, 1.165) is 18.4 Å². The maximum atomic E-state index is 11.7. The fraction of sp³-hybridized carbons (Fsp3) is 0.708. The zero-order valence-corrected chi connectivity index (χ0v) is 18.0. The molecule has 1 heterocycles. The number of nitrogens with one attached hydrogen (secondary N) is 1. The third-order valence-corrected chi connectivity index (χ3v) is 5.09. The van der Waals surface area contributed by atoms with Gasteiger partial charge in [-0.15, -0.1) is 0 Å². The third kappa shape index (κ3) is 15.4. The molecule has 0 bridgehead atoms. The molecule has 0 spiro atoms. The van der Waals surface area contributed by atoms with E-state index in [9.17, 15) is 4.79 Å². The molecule has 0 saturated carbocycles. The molecule has 0 aliphatic carbocycles. The van der Waals surface area contributed by atoms with Gasteiger partial charge in [0.25, 0.3) is 0 Å². The Morgan fingerprint density at radius 2 is 1.43 bits per heavy atom. The maximum Gasteiger partial charge on any atom is 0.240 e. The monoisotopic (exact) mass is 387 g/mol. The Morgan fingerprint density at radius 3 is 1.93 bits per heavy atom. The van der Waals surface area contributed by atoms with Crippen molar-refractivity contribution in [1.82, 2.24) is 10.4 Å². The molecule has 0 radical (unpaired) electrons. The number of rotatable bonds is 18. The quantitative estimate of drug-likeness (QED) is 0.171. The highest BCUT2D eigenvalue weighted by molar-refractivity contribution is 5.81. The first-order valence-electron chi connectivity index (χ1n) is 11.5. The van der Waals surface area contributed by atoms with E-state index in [1.54, 1.807) is 18.6 Å². The number of unbranched alkanes of at least 4 members (excludes halogenated alkanes) is 14. The van der Waals surface area contributed by atoms with E-state index in [1.807, 2.05) is 12.1 Å². The molecule has 0 fully saturated rings. The van der Waals surface area contributed by atoms with Gasteiger partial charge in [-0.25, -0.2) is 5.43 Å². The lowest BCUT2D eigenvalue weighted by Gasteiger charge is -2.03. The highest BCUT2D eigenvalue weighted by atomic mass is 16.2. The average molecular weight is 388 g/mol. The molecular weight excluding hydrogens is 346 g/mol. The molecule has 1 rings (SSSR count). The van der Waals surface area contributed by atoms with Gasteiger partial charge in [0.1, 0.15) is 0 Å². The van der Waals surface area contributed by atoms with Gasteiger partial charge < -0.3 is 0 Å². The summed E-state index contributed by atoms with van der Waals surface area (Å²) in [7, 11) is 0. The highest BCUT2D eigenvalue weighted by Gasteiger charge is 1.99. The summed E-state index contributed by atoms with van der Waals surface area (Å²) in [6.45, 7) is 2.28. The molecule has 158 valence electrons. The van der Waals surface area contributed by atoms with Crippen LogP contribution in [0.15, 0.2) is 29.6 Å². The van der Waals surface area contributed by atoms with Crippen molar-refractivity contribution in [2.75, 3.05) is 0 Å². The number of pyridine rings is 1. The molecule has 0 aliphatic rings. The van der Waals surface area contributed by atoms with Gasteiger partial charge in [-0.3, -0.25) is 9.78 Å². The minimum atomic E-state index is -0.00478. The Morgan fingerprint density at radius 1 is 0.893 bits per heavy atom. The molecule has 0 aliphatic heterocycles. The van der Waals surface area contributed by atoms with Gasteiger partial charge >= 0.3 is 0 Å². The van der Waals surface area contributed by atoms with Crippen LogP contribution in [0.4, 0.5) is 0 Å². The van der Waals surface area contributed by atoms with Crippen LogP contribution >= 0.6 is 0 Å². The second-order valence-corrected chi connectivity index (χ2v) is 7.78. The van der Waals surface area contributed by atoms with Crippen molar-refractivity contribution in [2.24, 2.45) is 5.10 Å². The van der Waals surface area contributed by atoms with Crippen LogP contribution in [0, 0.1) is 0 Å². The Labute approximate surface area is 172 Å². The fourth-order valence-electron chi connectivity index (χ4n) is 3.34. The molecule has 1 N–H and O–H groups in total. The molecule has 4 nitrogen and oxygen atoms in total. The van der Waals surface area contributed by atoms with E-state index in [0.29, 0.717) is 6.42 Å². The second-order valence-electron chi connectivity index (χ2n) is 7.78. The standard InChI is InChI=1S/C24H41N3O/c1-2-3-4-5-6-7-8-9-10-11-12-13-14-15-16-19-24(28)27-26-22-23-18-17-20-25-21-23/h17-18,20-22H,2-16,19H2,1H3,(H,27,28)/b26-22-. The summed E-state index contributed by atoms with van der Waals surface area (Å²) < 4.78 is 0. The number of hydrazone groups is 1. The van der Waals surface area contributed by atoms with Crippen LogP contribution < -0.4 is 5.43 Å². The first kappa shape index (κ1) is 24.3. The zero-order valence-electron chi connectivity index (χ0n) is 18.0. The number of amides is 1. The summed E-state index contributed by atoms with van der Waals surface area (Å²) in [5.74, 6) is -0.00478. The van der Waals surface area contributed by atoms with Crippen molar-refractivity contribution in [1.29, 1.82) is 0 Å². The summed E-state index contributed by atoms with van der Waals surface area (Å²) in [6, 6.07) is 3.75. The maximum absolute atomic E-state index is 11.7. The van der Waals surface area contributed by atoms with Crippen molar-refractivity contribution in [3.8, 4) is 0 Å². The second kappa shape index (κ2) is 18.6. The molecular formula is C24H41N3O. The van der Waals surface area contributed by atoms with Crippen molar-refractivity contribution >= 4 is 12.1 Å². The summed E-state index contributed by atoms with van der Waals surface area (Å²) >= 11 is 0. The normalized spacial score (nSPS) is 11.2. The summed E-state index contributed by atoms with van der Waals surface area (Å²) in [5, 5.41) is 3.97. The lowest BCUT2D eigenvalue weighted by molar-refractivity contribution is -0.121. The van der Waals surface area contributed by atoms with Crippen LogP contribution in [-0.4, -0.2) is 17.1 Å². The molecule has 1 aromatic heterocycles. The Kier molecular flexibility index (Phi) is 16.2. The predicted molar refractivity (Wildman–Crippen MR) is 120 cm³/mol. The van der Waals surface area contributed by atoms with Crippen molar-refractivity contribution in [3.63, 3.8) is 0 Å². The van der Waals surface area contributed by atoms with E-state index in [-0.39, 0.29) is 5.91 Å². The fourth-order valence-corrected chi connectivity index (χ4v) is 3.34. The first-order chi connectivity index (χ1) is 13.8. The highest BCUT2D eigenvalue weighted by Crippen LogP contribution is 2.13.